The van der Waals surface area contributed by atoms with Gasteiger partial charge in [-0.15, -0.1) is 0 Å². The summed E-state index contributed by atoms with van der Waals surface area (Å²) in [7, 11) is 0. The number of fused-ring (bicyclic) bond motifs is 1. The van der Waals surface area contributed by atoms with Crippen molar-refractivity contribution in [3.63, 3.8) is 0 Å². The maximum atomic E-state index is 12.8. The smallest absolute Gasteiger partial charge is 0.328 e. The van der Waals surface area contributed by atoms with Gasteiger partial charge in [-0.2, -0.15) is 10.4 Å². The number of unbranched alkanes of at least 4 members (excludes halogenated alkanes) is 1. The third kappa shape index (κ3) is 5.53. The van der Waals surface area contributed by atoms with Gasteiger partial charge in [-0.25, -0.2) is 9.31 Å². The van der Waals surface area contributed by atoms with E-state index in [2.05, 4.69) is 10.1 Å². The maximum Gasteiger partial charge on any atom is 0.328 e. The Balaban J connectivity index is 1.84. The van der Waals surface area contributed by atoms with Crippen LogP contribution in [0, 0.1) is 18.3 Å². The predicted molar refractivity (Wildman–Crippen MR) is 143 cm³/mol. The summed E-state index contributed by atoms with van der Waals surface area (Å²) in [4.78, 5) is 28.3. The summed E-state index contributed by atoms with van der Waals surface area (Å²) >= 11 is 12.3. The molecule has 0 saturated carbocycles. The fourth-order valence-corrected chi connectivity index (χ4v) is 4.34. The molecule has 0 unspecified atom stereocenters. The Morgan fingerprint density at radius 2 is 1.97 bits per heavy atom. The summed E-state index contributed by atoms with van der Waals surface area (Å²) in [5, 5.41) is 14.8. The van der Waals surface area contributed by atoms with Crippen LogP contribution in [-0.4, -0.2) is 33.2 Å². The van der Waals surface area contributed by atoms with Crippen molar-refractivity contribution in [2.45, 2.75) is 32.2 Å². The molecule has 1 atom stereocenters. The number of carbonyl (C=O) groups is 1. The van der Waals surface area contributed by atoms with Crippen LogP contribution in [0.5, 0.6) is 5.75 Å². The molecule has 0 radical (unpaired) electrons. The summed E-state index contributed by atoms with van der Waals surface area (Å²) < 4.78 is 7.19. The highest BCUT2D eigenvalue weighted by Gasteiger charge is 2.22. The molecule has 37 heavy (non-hydrogen) atoms. The Morgan fingerprint density at radius 3 is 2.68 bits per heavy atom. The summed E-state index contributed by atoms with van der Waals surface area (Å²) in [6.45, 7) is 2.30. The highest BCUT2D eigenvalue weighted by molar-refractivity contribution is 6.42. The first kappa shape index (κ1) is 26.4. The molecule has 0 fully saturated rings. The third-order valence-corrected chi connectivity index (χ3v) is 6.61. The summed E-state index contributed by atoms with van der Waals surface area (Å²) in [5.74, 6) is -0.558. The van der Waals surface area contributed by atoms with Crippen molar-refractivity contribution in [2.75, 3.05) is 6.54 Å². The number of H-pyrrole nitrogens is 1. The number of hydrogen-bond donors (Lipinski definition) is 3. The average Bonchev–Trinajstić information content (AvgIpc) is 3.20. The van der Waals surface area contributed by atoms with E-state index in [0.717, 1.165) is 6.42 Å². The van der Waals surface area contributed by atoms with E-state index in [-0.39, 0.29) is 11.3 Å². The molecule has 0 saturated heterocycles. The molecule has 5 N–H and O–H groups in total. The number of benzene rings is 2. The number of nitrogens with zero attached hydrogens (tertiary/aromatic N) is 3. The van der Waals surface area contributed by atoms with Crippen LogP contribution in [0.1, 0.15) is 30.5 Å². The quantitative estimate of drug-likeness (QED) is 0.172. The predicted octanol–water partition coefficient (Wildman–Crippen LogP) is 4.21. The van der Waals surface area contributed by atoms with Gasteiger partial charge >= 0.3 is 5.97 Å². The molecule has 0 aliphatic carbocycles. The number of halogens is 2. The molecule has 190 valence electrons. The van der Waals surface area contributed by atoms with Gasteiger partial charge in [0.1, 0.15) is 17.4 Å². The highest BCUT2D eigenvalue weighted by Crippen LogP contribution is 2.35. The topological polar surface area (TPSA) is 152 Å². The number of hydrogen-bond acceptors (Lipinski definition) is 7. The van der Waals surface area contributed by atoms with Crippen LogP contribution >= 0.6 is 23.2 Å². The van der Waals surface area contributed by atoms with Crippen molar-refractivity contribution in [3.05, 3.63) is 74.1 Å². The van der Waals surface area contributed by atoms with Crippen molar-refractivity contribution < 1.29 is 9.53 Å². The van der Waals surface area contributed by atoms with E-state index in [1.165, 1.54) is 12.1 Å². The Bertz CT molecular complexity index is 1590. The molecule has 11 heteroatoms. The monoisotopic (exact) mass is 538 g/mol. The first-order valence-electron chi connectivity index (χ1n) is 11.5. The minimum absolute atomic E-state index is 0.0921. The lowest BCUT2D eigenvalue weighted by Gasteiger charge is -2.15. The van der Waals surface area contributed by atoms with Crippen LogP contribution in [0.15, 0.2) is 47.3 Å². The van der Waals surface area contributed by atoms with Gasteiger partial charge in [-0.1, -0.05) is 35.7 Å². The summed E-state index contributed by atoms with van der Waals surface area (Å²) in [6.07, 6.45) is 1.82. The zero-order valence-electron chi connectivity index (χ0n) is 19.9. The normalized spacial score (nSPS) is 11.9. The average molecular weight is 539 g/mol. The van der Waals surface area contributed by atoms with Gasteiger partial charge in [-0.05, 0) is 62.2 Å². The molecule has 2 aromatic carbocycles. The summed E-state index contributed by atoms with van der Waals surface area (Å²) in [5.41, 5.74) is 14.6. The van der Waals surface area contributed by atoms with E-state index in [0.29, 0.717) is 63.2 Å². The standard InChI is InChI=1S/C26H24Cl2N6O3/c1-14-24(16-6-8-18(27)19(28)11-16)25-32-23(35)12-21(34(25)33-14)17-7-5-15(13-30)10-22(17)37-26(36)20(31)4-2-3-9-29/h5-8,10-12,20H,2-4,9,29,31H2,1H3,(H,32,35)/t20-/m0/s1. The van der Waals surface area contributed by atoms with Crippen molar-refractivity contribution in [3.8, 4) is 34.2 Å². The largest absolute Gasteiger partial charge is 0.425 e. The number of aromatic amines is 1. The molecule has 2 aromatic heterocycles. The molecule has 0 amide bonds. The van der Waals surface area contributed by atoms with Crippen LogP contribution in [0.3, 0.4) is 0 Å². The maximum absolute atomic E-state index is 12.8. The van der Waals surface area contributed by atoms with Crippen LogP contribution in [0.4, 0.5) is 0 Å². The number of nitrogens with two attached hydrogens (primary N) is 2. The molecule has 4 aromatic rings. The summed E-state index contributed by atoms with van der Waals surface area (Å²) in [6, 6.07) is 12.3. The molecule has 4 rings (SSSR count). The lowest BCUT2D eigenvalue weighted by atomic mass is 10.1. The Hall–Kier alpha value is -3.68. The Labute approximate surface area is 222 Å². The number of ether oxygens (including phenoxy) is 1. The molecule has 2 heterocycles. The molecule has 0 spiro atoms. The van der Waals surface area contributed by atoms with E-state index in [9.17, 15) is 14.9 Å². The van der Waals surface area contributed by atoms with E-state index >= 15 is 0 Å². The number of rotatable bonds is 8. The Morgan fingerprint density at radius 1 is 1.19 bits per heavy atom. The minimum Gasteiger partial charge on any atom is -0.425 e. The molecule has 9 nitrogen and oxygen atoms in total. The van der Waals surface area contributed by atoms with Gasteiger partial charge in [0, 0.05) is 17.2 Å². The van der Waals surface area contributed by atoms with Crippen molar-refractivity contribution >= 4 is 34.8 Å². The first-order chi connectivity index (χ1) is 17.7. The van der Waals surface area contributed by atoms with Gasteiger partial charge in [0.05, 0.1) is 33.1 Å². The van der Waals surface area contributed by atoms with Crippen LogP contribution in [0.25, 0.3) is 28.0 Å². The van der Waals surface area contributed by atoms with E-state index in [4.69, 9.17) is 39.4 Å². The second-order valence-electron chi connectivity index (χ2n) is 8.50. The zero-order chi connectivity index (χ0) is 26.7. The fourth-order valence-electron chi connectivity index (χ4n) is 4.04. The molecular weight excluding hydrogens is 515 g/mol. The van der Waals surface area contributed by atoms with E-state index in [1.807, 2.05) is 6.07 Å². The second kappa shape index (κ2) is 11.2. The molecule has 0 bridgehead atoms. The molecule has 0 aliphatic rings. The van der Waals surface area contributed by atoms with Crippen LogP contribution < -0.4 is 21.8 Å². The molecular formula is C26H24Cl2N6O3. The number of aromatic nitrogens is 3. The van der Waals surface area contributed by atoms with E-state index in [1.54, 1.807) is 41.8 Å². The minimum atomic E-state index is -0.863. The third-order valence-electron chi connectivity index (χ3n) is 5.88. The van der Waals surface area contributed by atoms with Crippen LogP contribution in [-0.2, 0) is 4.79 Å². The fraction of sp³-hybridized carbons (Fsp3) is 0.231. The van der Waals surface area contributed by atoms with E-state index < -0.39 is 17.6 Å². The number of aryl methyl sites for hydroxylation is 1. The van der Waals surface area contributed by atoms with Gasteiger partial charge in [0.15, 0.2) is 0 Å². The van der Waals surface area contributed by atoms with Gasteiger partial charge in [0.25, 0.3) is 5.56 Å². The van der Waals surface area contributed by atoms with Crippen molar-refractivity contribution in [1.29, 1.82) is 5.26 Å². The number of esters is 1. The first-order valence-corrected chi connectivity index (χ1v) is 12.3. The number of nitrogens with one attached hydrogen (secondary N) is 1. The lowest BCUT2D eigenvalue weighted by molar-refractivity contribution is -0.136. The van der Waals surface area contributed by atoms with Crippen LogP contribution in [0.2, 0.25) is 10.0 Å². The number of nitriles is 1. The molecule has 0 aliphatic heterocycles. The van der Waals surface area contributed by atoms with Crippen molar-refractivity contribution in [2.24, 2.45) is 11.5 Å². The van der Waals surface area contributed by atoms with Crippen molar-refractivity contribution in [1.82, 2.24) is 14.6 Å². The number of carbonyl (C=O) groups excluding carboxylic acids is 1. The zero-order valence-corrected chi connectivity index (χ0v) is 21.4. The highest BCUT2D eigenvalue weighted by atomic mass is 35.5. The van der Waals surface area contributed by atoms with Gasteiger partial charge in [-0.3, -0.25) is 4.79 Å². The van der Waals surface area contributed by atoms with Gasteiger partial charge in [0.2, 0.25) is 0 Å². The lowest BCUT2D eigenvalue weighted by Crippen LogP contribution is -2.34. The van der Waals surface area contributed by atoms with Gasteiger partial charge < -0.3 is 21.2 Å². The second-order valence-corrected chi connectivity index (χ2v) is 9.32. The SMILES string of the molecule is Cc1nn2c(-c3ccc(C#N)cc3OC(=O)[C@@H](N)CCCCN)cc(=O)[nH]c2c1-c1ccc(Cl)c(Cl)c1. The Kier molecular flexibility index (Phi) is 7.95.